The molecule has 1 heterocycles. The topological polar surface area (TPSA) is 54.5 Å². The van der Waals surface area contributed by atoms with Crippen LogP contribution in [0.4, 0.5) is 10.1 Å². The van der Waals surface area contributed by atoms with Crippen molar-refractivity contribution in [2.75, 3.05) is 11.4 Å². The highest BCUT2D eigenvalue weighted by molar-refractivity contribution is 6.52. The molecule has 1 amide bonds. The van der Waals surface area contributed by atoms with Crippen LogP contribution in [0, 0.1) is 5.82 Å². The van der Waals surface area contributed by atoms with E-state index in [1.165, 1.54) is 6.07 Å². The Morgan fingerprint density at radius 3 is 2.48 bits per heavy atom. The van der Waals surface area contributed by atoms with E-state index in [1.54, 1.807) is 30.3 Å². The Morgan fingerprint density at radius 2 is 1.76 bits per heavy atom. The molecule has 21 heavy (non-hydrogen) atoms. The zero-order chi connectivity index (χ0) is 15.0. The van der Waals surface area contributed by atoms with E-state index < -0.39 is 17.5 Å². The molecular weight excluding hydrogens is 273 g/mol. The molecule has 0 fully saturated rings. The van der Waals surface area contributed by atoms with Gasteiger partial charge >= 0.3 is 0 Å². The minimum atomic E-state index is -0.806. The second kappa shape index (κ2) is 4.94. The van der Waals surface area contributed by atoms with Gasteiger partial charge in [-0.2, -0.15) is 0 Å². The van der Waals surface area contributed by atoms with Crippen molar-refractivity contribution in [3.63, 3.8) is 0 Å². The van der Waals surface area contributed by atoms with Crippen LogP contribution in [0.3, 0.4) is 0 Å². The summed E-state index contributed by atoms with van der Waals surface area (Å²) in [6.07, 6.45) is 0. The number of nitrogens with zero attached hydrogens (tertiary/aromatic N) is 1. The SMILES string of the molecule is O=C(CN1C(=O)C(=O)c2ccc(F)cc21)c1ccccc1. The van der Waals surface area contributed by atoms with Crippen LogP contribution in [0.2, 0.25) is 0 Å². The second-order valence-electron chi connectivity index (χ2n) is 4.67. The Hall–Kier alpha value is -2.82. The van der Waals surface area contributed by atoms with Gasteiger partial charge in [-0.25, -0.2) is 4.39 Å². The molecule has 0 atom stereocenters. The van der Waals surface area contributed by atoms with Gasteiger partial charge in [-0.05, 0) is 18.2 Å². The number of carbonyl (C=O) groups is 3. The van der Waals surface area contributed by atoms with Crippen LogP contribution in [-0.4, -0.2) is 24.0 Å². The first-order valence-corrected chi connectivity index (χ1v) is 6.32. The lowest BCUT2D eigenvalue weighted by atomic mass is 10.1. The number of anilines is 1. The van der Waals surface area contributed by atoms with Crippen molar-refractivity contribution >= 4 is 23.2 Å². The molecule has 104 valence electrons. The summed E-state index contributed by atoms with van der Waals surface area (Å²) in [6, 6.07) is 11.9. The maximum Gasteiger partial charge on any atom is 0.299 e. The quantitative estimate of drug-likeness (QED) is 0.641. The summed E-state index contributed by atoms with van der Waals surface area (Å²) in [7, 11) is 0. The number of hydrogen-bond donors (Lipinski definition) is 0. The molecule has 1 aliphatic heterocycles. The van der Waals surface area contributed by atoms with Gasteiger partial charge in [0.1, 0.15) is 5.82 Å². The molecule has 0 saturated carbocycles. The maximum atomic E-state index is 13.3. The van der Waals surface area contributed by atoms with Crippen LogP contribution in [0.5, 0.6) is 0 Å². The van der Waals surface area contributed by atoms with Crippen LogP contribution in [-0.2, 0) is 4.79 Å². The fraction of sp³-hybridized carbons (Fsp3) is 0.0625. The number of Topliss-reactive ketones (excluding diaryl/α,β-unsaturated/α-hetero) is 2. The van der Waals surface area contributed by atoms with Gasteiger partial charge in [0.2, 0.25) is 0 Å². The largest absolute Gasteiger partial charge is 0.299 e. The van der Waals surface area contributed by atoms with Crippen LogP contribution in [0.25, 0.3) is 0 Å². The number of hydrogen-bond acceptors (Lipinski definition) is 3. The molecule has 0 N–H and O–H groups in total. The van der Waals surface area contributed by atoms with Gasteiger partial charge in [0.05, 0.1) is 17.8 Å². The normalized spacial score (nSPS) is 13.5. The van der Waals surface area contributed by atoms with Gasteiger partial charge in [0.15, 0.2) is 5.78 Å². The number of ketones is 2. The summed E-state index contributed by atoms with van der Waals surface area (Å²) in [5, 5.41) is 0. The predicted molar refractivity (Wildman–Crippen MR) is 73.9 cm³/mol. The Bertz CT molecular complexity index is 755. The standard InChI is InChI=1S/C16H10FNO3/c17-11-6-7-12-13(8-11)18(16(21)15(12)20)9-14(19)10-4-2-1-3-5-10/h1-8H,9H2. The molecule has 0 unspecified atom stereocenters. The number of halogens is 1. The van der Waals surface area contributed by atoms with E-state index in [-0.39, 0.29) is 23.6 Å². The van der Waals surface area contributed by atoms with Crippen molar-refractivity contribution in [1.82, 2.24) is 0 Å². The number of benzene rings is 2. The molecule has 0 radical (unpaired) electrons. The van der Waals surface area contributed by atoms with Crippen LogP contribution >= 0.6 is 0 Å². The van der Waals surface area contributed by atoms with Crippen LogP contribution in [0.1, 0.15) is 20.7 Å². The van der Waals surface area contributed by atoms with E-state index in [0.717, 1.165) is 17.0 Å². The number of amides is 1. The van der Waals surface area contributed by atoms with Crippen molar-refractivity contribution < 1.29 is 18.8 Å². The summed E-state index contributed by atoms with van der Waals surface area (Å²) in [6.45, 7) is -0.287. The number of fused-ring (bicyclic) bond motifs is 1. The van der Waals surface area contributed by atoms with Crippen LogP contribution < -0.4 is 4.90 Å². The molecule has 1 aliphatic rings. The Labute approximate surface area is 119 Å². The molecule has 0 aliphatic carbocycles. The van der Waals surface area contributed by atoms with Gasteiger partial charge < -0.3 is 0 Å². The summed E-state index contributed by atoms with van der Waals surface area (Å²) >= 11 is 0. The first kappa shape index (κ1) is 13.2. The zero-order valence-corrected chi connectivity index (χ0v) is 10.9. The Morgan fingerprint density at radius 1 is 1.05 bits per heavy atom. The van der Waals surface area contributed by atoms with Crippen molar-refractivity contribution in [2.24, 2.45) is 0 Å². The highest BCUT2D eigenvalue weighted by Crippen LogP contribution is 2.29. The van der Waals surface area contributed by atoms with Gasteiger partial charge in [0, 0.05) is 5.56 Å². The molecule has 0 spiro atoms. The van der Waals surface area contributed by atoms with Crippen molar-refractivity contribution in [2.45, 2.75) is 0 Å². The molecule has 0 aromatic heterocycles. The van der Waals surface area contributed by atoms with E-state index in [1.807, 2.05) is 0 Å². The Kier molecular flexibility index (Phi) is 3.10. The van der Waals surface area contributed by atoms with Gasteiger partial charge in [-0.1, -0.05) is 30.3 Å². The van der Waals surface area contributed by atoms with E-state index in [9.17, 15) is 18.8 Å². The zero-order valence-electron chi connectivity index (χ0n) is 10.9. The summed E-state index contributed by atoms with van der Waals surface area (Å²) < 4.78 is 13.3. The lowest BCUT2D eigenvalue weighted by Gasteiger charge is -2.15. The second-order valence-corrected chi connectivity index (χ2v) is 4.67. The third-order valence-corrected chi connectivity index (χ3v) is 3.33. The van der Waals surface area contributed by atoms with Gasteiger partial charge in [0.25, 0.3) is 11.7 Å². The summed E-state index contributed by atoms with van der Waals surface area (Å²) in [5.41, 5.74) is 0.708. The molecule has 0 bridgehead atoms. The predicted octanol–water partition coefficient (Wildman–Crippen LogP) is 2.24. The number of carbonyl (C=O) groups excluding carboxylic acids is 3. The van der Waals surface area contributed by atoms with Crippen molar-refractivity contribution in [1.29, 1.82) is 0 Å². The summed E-state index contributed by atoms with van der Waals surface area (Å²) in [4.78, 5) is 36.9. The molecule has 4 nitrogen and oxygen atoms in total. The number of rotatable bonds is 3. The fourth-order valence-electron chi connectivity index (χ4n) is 2.28. The van der Waals surface area contributed by atoms with E-state index in [0.29, 0.717) is 5.56 Å². The minimum absolute atomic E-state index is 0.127. The lowest BCUT2D eigenvalue weighted by Crippen LogP contribution is -2.34. The third kappa shape index (κ3) is 2.23. The van der Waals surface area contributed by atoms with Crippen molar-refractivity contribution in [3.8, 4) is 0 Å². The molecule has 2 aromatic rings. The highest BCUT2D eigenvalue weighted by atomic mass is 19.1. The lowest BCUT2D eigenvalue weighted by molar-refractivity contribution is -0.114. The molecule has 3 rings (SSSR count). The van der Waals surface area contributed by atoms with Gasteiger partial charge in [-0.3, -0.25) is 19.3 Å². The fourth-order valence-corrected chi connectivity index (χ4v) is 2.28. The summed E-state index contributed by atoms with van der Waals surface area (Å²) in [5.74, 6) is -2.40. The molecule has 0 saturated heterocycles. The Balaban J connectivity index is 1.93. The minimum Gasteiger partial charge on any atom is -0.297 e. The third-order valence-electron chi connectivity index (χ3n) is 3.33. The molecular formula is C16H10FNO3. The molecule has 2 aromatic carbocycles. The first-order chi connectivity index (χ1) is 10.1. The molecule has 5 heteroatoms. The van der Waals surface area contributed by atoms with E-state index in [2.05, 4.69) is 0 Å². The first-order valence-electron chi connectivity index (χ1n) is 6.32. The maximum absolute atomic E-state index is 13.3. The average Bonchev–Trinajstić information content (AvgIpc) is 2.73. The van der Waals surface area contributed by atoms with Gasteiger partial charge in [-0.15, -0.1) is 0 Å². The van der Waals surface area contributed by atoms with E-state index >= 15 is 0 Å². The smallest absolute Gasteiger partial charge is 0.297 e. The van der Waals surface area contributed by atoms with E-state index in [4.69, 9.17) is 0 Å². The van der Waals surface area contributed by atoms with Crippen LogP contribution in [0.15, 0.2) is 48.5 Å². The average molecular weight is 283 g/mol. The highest BCUT2D eigenvalue weighted by Gasteiger charge is 2.37. The monoisotopic (exact) mass is 283 g/mol. The van der Waals surface area contributed by atoms with Crippen molar-refractivity contribution in [3.05, 3.63) is 65.5 Å².